The lowest BCUT2D eigenvalue weighted by atomic mass is 10.1. The fourth-order valence-electron chi connectivity index (χ4n) is 2.23. The van der Waals surface area contributed by atoms with Crippen LogP contribution in [-0.2, 0) is 10.0 Å². The second kappa shape index (κ2) is 5.90. The fraction of sp³-hybridized carbons (Fsp3) is 0. The Labute approximate surface area is 142 Å². The third kappa shape index (κ3) is 2.99. The number of aromatic nitrogens is 2. The standard InChI is InChI=1S/C15H11ClFN3O3S/c16-15-14(9-1-6-13(21)12(17)7-9)20(8-19-15)10-2-4-11(5-3-10)24(18,22)23/h1-8,21H,(H2,18,22,23). The first-order chi connectivity index (χ1) is 11.3. The van der Waals surface area contributed by atoms with Crippen molar-refractivity contribution in [3.05, 3.63) is 59.8 Å². The molecule has 0 unspecified atom stereocenters. The molecule has 2 aromatic carbocycles. The average molecular weight is 368 g/mol. The maximum Gasteiger partial charge on any atom is 0.238 e. The van der Waals surface area contributed by atoms with Gasteiger partial charge in [0, 0.05) is 11.3 Å². The van der Waals surface area contributed by atoms with Crippen molar-refractivity contribution in [2.45, 2.75) is 4.90 Å². The maximum atomic E-state index is 13.6. The van der Waals surface area contributed by atoms with Gasteiger partial charge in [0.2, 0.25) is 10.0 Å². The Morgan fingerprint density at radius 1 is 1.17 bits per heavy atom. The number of nitrogens with zero attached hydrogens (tertiary/aromatic N) is 2. The minimum absolute atomic E-state index is 0.0327. The molecule has 9 heteroatoms. The van der Waals surface area contributed by atoms with E-state index in [4.69, 9.17) is 16.7 Å². The highest BCUT2D eigenvalue weighted by atomic mass is 35.5. The number of sulfonamides is 1. The van der Waals surface area contributed by atoms with Gasteiger partial charge >= 0.3 is 0 Å². The van der Waals surface area contributed by atoms with Gasteiger partial charge in [0.05, 0.1) is 10.6 Å². The molecule has 0 atom stereocenters. The number of benzene rings is 2. The van der Waals surface area contributed by atoms with Crippen molar-refractivity contribution in [2.75, 3.05) is 0 Å². The molecule has 0 spiro atoms. The number of phenols is 1. The van der Waals surface area contributed by atoms with Crippen LogP contribution in [0.15, 0.2) is 53.7 Å². The molecule has 0 fully saturated rings. The van der Waals surface area contributed by atoms with Crippen LogP contribution in [0.5, 0.6) is 5.75 Å². The predicted octanol–water partition coefficient (Wildman–Crippen LogP) is 2.68. The molecule has 0 radical (unpaired) electrons. The Balaban J connectivity index is 2.12. The summed E-state index contributed by atoms with van der Waals surface area (Å²) in [6.07, 6.45) is 1.42. The van der Waals surface area contributed by atoms with E-state index in [0.717, 1.165) is 6.07 Å². The molecule has 0 amide bonds. The topological polar surface area (TPSA) is 98.2 Å². The van der Waals surface area contributed by atoms with Crippen LogP contribution in [0.1, 0.15) is 0 Å². The van der Waals surface area contributed by atoms with Crippen LogP contribution in [0, 0.1) is 5.82 Å². The van der Waals surface area contributed by atoms with Gasteiger partial charge in [0.1, 0.15) is 6.33 Å². The summed E-state index contributed by atoms with van der Waals surface area (Å²) in [6.45, 7) is 0. The second-order valence-corrected chi connectivity index (χ2v) is 6.88. The Bertz CT molecular complexity index is 1020. The van der Waals surface area contributed by atoms with Gasteiger partial charge in [0.15, 0.2) is 16.7 Å². The fourth-order valence-corrected chi connectivity index (χ4v) is 2.99. The summed E-state index contributed by atoms with van der Waals surface area (Å²) in [7, 11) is -3.80. The molecule has 3 aromatic rings. The highest BCUT2D eigenvalue weighted by Gasteiger charge is 2.15. The van der Waals surface area contributed by atoms with Gasteiger partial charge in [0.25, 0.3) is 0 Å². The van der Waals surface area contributed by atoms with Crippen molar-refractivity contribution in [2.24, 2.45) is 5.14 Å². The number of aromatic hydroxyl groups is 1. The van der Waals surface area contributed by atoms with Gasteiger partial charge in [-0.3, -0.25) is 4.57 Å². The summed E-state index contributed by atoms with van der Waals surface area (Å²) in [5.74, 6) is -1.26. The first-order valence-electron chi connectivity index (χ1n) is 6.62. The van der Waals surface area contributed by atoms with Crippen LogP contribution in [0.4, 0.5) is 4.39 Å². The molecular weight excluding hydrogens is 357 g/mol. The van der Waals surface area contributed by atoms with E-state index in [1.54, 1.807) is 4.57 Å². The largest absolute Gasteiger partial charge is 0.505 e. The van der Waals surface area contributed by atoms with E-state index in [-0.39, 0.29) is 10.0 Å². The number of nitrogens with two attached hydrogens (primary N) is 1. The van der Waals surface area contributed by atoms with Crippen molar-refractivity contribution < 1.29 is 17.9 Å². The van der Waals surface area contributed by atoms with Crippen molar-refractivity contribution in [1.29, 1.82) is 0 Å². The van der Waals surface area contributed by atoms with Crippen molar-refractivity contribution >= 4 is 21.6 Å². The van der Waals surface area contributed by atoms with E-state index >= 15 is 0 Å². The number of hydrogen-bond acceptors (Lipinski definition) is 4. The molecule has 1 aromatic heterocycles. The zero-order valence-electron chi connectivity index (χ0n) is 12.0. The summed E-state index contributed by atoms with van der Waals surface area (Å²) >= 11 is 6.09. The van der Waals surface area contributed by atoms with E-state index in [0.29, 0.717) is 16.9 Å². The quantitative estimate of drug-likeness (QED) is 0.743. The van der Waals surface area contributed by atoms with Gasteiger partial charge in [-0.25, -0.2) is 22.9 Å². The normalized spacial score (nSPS) is 11.6. The molecule has 0 saturated heterocycles. The zero-order valence-corrected chi connectivity index (χ0v) is 13.6. The highest BCUT2D eigenvalue weighted by molar-refractivity contribution is 7.89. The number of primary sulfonamides is 1. The molecule has 24 heavy (non-hydrogen) atoms. The van der Waals surface area contributed by atoms with E-state index in [1.165, 1.54) is 42.7 Å². The van der Waals surface area contributed by atoms with Crippen LogP contribution in [0.25, 0.3) is 16.9 Å². The molecule has 0 aliphatic heterocycles. The van der Waals surface area contributed by atoms with Crippen molar-refractivity contribution in [1.82, 2.24) is 9.55 Å². The summed E-state index contributed by atoms with van der Waals surface area (Å²) in [6, 6.07) is 9.59. The van der Waals surface area contributed by atoms with Crippen LogP contribution < -0.4 is 5.14 Å². The summed E-state index contributed by atoms with van der Waals surface area (Å²) in [5.41, 5.74) is 1.37. The predicted molar refractivity (Wildman–Crippen MR) is 87.0 cm³/mol. The number of imidazole rings is 1. The number of hydrogen-bond donors (Lipinski definition) is 2. The molecule has 3 N–H and O–H groups in total. The van der Waals surface area contributed by atoms with E-state index in [9.17, 15) is 17.9 Å². The lowest BCUT2D eigenvalue weighted by Gasteiger charge is -2.10. The number of halogens is 2. The Kier molecular flexibility index (Phi) is 4.04. The van der Waals surface area contributed by atoms with Crippen LogP contribution in [0.2, 0.25) is 5.15 Å². The number of rotatable bonds is 3. The third-order valence-electron chi connectivity index (χ3n) is 3.39. The Morgan fingerprint density at radius 3 is 2.42 bits per heavy atom. The molecule has 0 bridgehead atoms. The highest BCUT2D eigenvalue weighted by Crippen LogP contribution is 2.32. The average Bonchev–Trinajstić information content (AvgIpc) is 2.91. The monoisotopic (exact) mass is 367 g/mol. The minimum atomic E-state index is -3.80. The smallest absolute Gasteiger partial charge is 0.238 e. The van der Waals surface area contributed by atoms with Crippen LogP contribution in [-0.4, -0.2) is 23.1 Å². The van der Waals surface area contributed by atoms with Gasteiger partial charge in [-0.15, -0.1) is 0 Å². The molecule has 6 nitrogen and oxygen atoms in total. The van der Waals surface area contributed by atoms with E-state index in [1.807, 2.05) is 0 Å². The maximum absolute atomic E-state index is 13.6. The summed E-state index contributed by atoms with van der Waals surface area (Å²) < 4.78 is 37.8. The van der Waals surface area contributed by atoms with E-state index in [2.05, 4.69) is 4.98 Å². The molecule has 0 aliphatic carbocycles. The van der Waals surface area contributed by atoms with Crippen LogP contribution in [0.3, 0.4) is 0 Å². The zero-order chi connectivity index (χ0) is 17.5. The van der Waals surface area contributed by atoms with Gasteiger partial charge in [-0.05, 0) is 42.5 Å². The second-order valence-electron chi connectivity index (χ2n) is 4.96. The molecule has 3 rings (SSSR count). The molecule has 1 heterocycles. The van der Waals surface area contributed by atoms with Crippen molar-refractivity contribution in [3.63, 3.8) is 0 Å². The lowest BCUT2D eigenvalue weighted by Crippen LogP contribution is -2.12. The first-order valence-corrected chi connectivity index (χ1v) is 8.55. The number of phenolic OH excluding ortho intramolecular Hbond substituents is 1. The van der Waals surface area contributed by atoms with Crippen LogP contribution >= 0.6 is 11.6 Å². The Morgan fingerprint density at radius 2 is 1.83 bits per heavy atom. The van der Waals surface area contributed by atoms with E-state index < -0.39 is 21.6 Å². The first kappa shape index (κ1) is 16.4. The molecule has 124 valence electrons. The molecule has 0 aliphatic rings. The SMILES string of the molecule is NS(=O)(=O)c1ccc(-n2cnc(Cl)c2-c2ccc(O)c(F)c2)cc1. The summed E-state index contributed by atoms with van der Waals surface area (Å²) in [4.78, 5) is 3.96. The Hall–Kier alpha value is -2.42. The molecule has 0 saturated carbocycles. The van der Waals surface area contributed by atoms with Gasteiger partial charge in [-0.2, -0.15) is 0 Å². The third-order valence-corrected chi connectivity index (χ3v) is 4.59. The summed E-state index contributed by atoms with van der Waals surface area (Å²) in [5, 5.41) is 14.5. The van der Waals surface area contributed by atoms with Gasteiger partial charge in [-0.1, -0.05) is 11.6 Å². The lowest BCUT2D eigenvalue weighted by molar-refractivity contribution is 0.432. The van der Waals surface area contributed by atoms with Gasteiger partial charge < -0.3 is 5.11 Å². The minimum Gasteiger partial charge on any atom is -0.505 e. The molecular formula is C15H11ClFN3O3S. The van der Waals surface area contributed by atoms with Crippen molar-refractivity contribution in [3.8, 4) is 22.7 Å².